The van der Waals surface area contributed by atoms with Crippen molar-refractivity contribution in [3.8, 4) is 0 Å². The predicted octanol–water partition coefficient (Wildman–Crippen LogP) is 7.94. The van der Waals surface area contributed by atoms with Crippen molar-refractivity contribution in [2.75, 3.05) is 0 Å². The lowest BCUT2D eigenvalue weighted by atomic mass is 9.96. The van der Waals surface area contributed by atoms with Gasteiger partial charge in [-0.2, -0.15) is 0 Å². The van der Waals surface area contributed by atoms with Crippen LogP contribution in [0.5, 0.6) is 0 Å². The number of carboxylic acids is 2. The van der Waals surface area contributed by atoms with Gasteiger partial charge in [0.1, 0.15) is 0 Å². The summed E-state index contributed by atoms with van der Waals surface area (Å²) in [7, 11) is 0. The SMILES string of the molecule is O=C(O)CCCCCCCCCc1ccc(Br)cc1CCCCCCCCCC(=O)O. The molecule has 0 saturated heterocycles. The molecule has 1 aromatic carbocycles. The molecule has 0 radical (unpaired) electrons. The van der Waals surface area contributed by atoms with Crippen molar-refractivity contribution < 1.29 is 19.8 Å². The smallest absolute Gasteiger partial charge is 0.303 e. The Labute approximate surface area is 197 Å². The lowest BCUT2D eigenvalue weighted by Gasteiger charge is -2.11. The zero-order chi connectivity index (χ0) is 22.7. The lowest BCUT2D eigenvalue weighted by molar-refractivity contribution is -0.138. The Morgan fingerprint density at radius 1 is 0.581 bits per heavy atom. The molecular formula is C26H41BrO4. The third-order valence-electron chi connectivity index (χ3n) is 5.84. The van der Waals surface area contributed by atoms with Gasteiger partial charge in [0, 0.05) is 17.3 Å². The van der Waals surface area contributed by atoms with Crippen LogP contribution in [0, 0.1) is 0 Å². The van der Waals surface area contributed by atoms with Gasteiger partial charge in [0.15, 0.2) is 0 Å². The number of hydrogen-bond acceptors (Lipinski definition) is 2. The third kappa shape index (κ3) is 16.0. The van der Waals surface area contributed by atoms with E-state index in [0.29, 0.717) is 12.8 Å². The van der Waals surface area contributed by atoms with Crippen LogP contribution in [-0.4, -0.2) is 22.2 Å². The molecule has 0 aliphatic heterocycles. The molecule has 0 aliphatic rings. The monoisotopic (exact) mass is 496 g/mol. The fraction of sp³-hybridized carbons (Fsp3) is 0.692. The molecule has 0 aromatic heterocycles. The number of halogens is 1. The van der Waals surface area contributed by atoms with E-state index in [0.717, 1.165) is 55.8 Å². The van der Waals surface area contributed by atoms with Crippen molar-refractivity contribution in [3.63, 3.8) is 0 Å². The highest BCUT2D eigenvalue weighted by atomic mass is 79.9. The summed E-state index contributed by atoms with van der Waals surface area (Å²) in [6.45, 7) is 0. The lowest BCUT2D eigenvalue weighted by Crippen LogP contribution is -1.96. The van der Waals surface area contributed by atoms with Gasteiger partial charge >= 0.3 is 11.9 Å². The molecule has 4 nitrogen and oxygen atoms in total. The number of hydrogen-bond donors (Lipinski definition) is 2. The number of aryl methyl sites for hydroxylation is 2. The Hall–Kier alpha value is -1.36. The molecular weight excluding hydrogens is 456 g/mol. The van der Waals surface area contributed by atoms with Gasteiger partial charge in [-0.15, -0.1) is 0 Å². The second-order valence-electron chi connectivity index (χ2n) is 8.65. The van der Waals surface area contributed by atoms with E-state index >= 15 is 0 Å². The second kappa shape index (κ2) is 18.2. The Bertz CT molecular complexity index is 630. The van der Waals surface area contributed by atoms with E-state index in [1.54, 1.807) is 0 Å². The standard InChI is InChI=1S/C26H41BrO4/c27-24-20-19-22(15-11-7-3-1-5-9-13-17-25(28)29)23(21-24)16-12-8-4-2-6-10-14-18-26(30)31/h19-21H,1-18H2,(H,28,29)(H,30,31). The largest absolute Gasteiger partial charge is 0.481 e. The van der Waals surface area contributed by atoms with Gasteiger partial charge in [-0.3, -0.25) is 9.59 Å². The summed E-state index contributed by atoms with van der Waals surface area (Å²) in [5, 5.41) is 17.3. The van der Waals surface area contributed by atoms with E-state index in [9.17, 15) is 9.59 Å². The number of carboxylic acid groups (broad SMARTS) is 2. The van der Waals surface area contributed by atoms with E-state index in [-0.39, 0.29) is 0 Å². The molecule has 0 bridgehead atoms. The van der Waals surface area contributed by atoms with Gasteiger partial charge in [0.2, 0.25) is 0 Å². The molecule has 0 unspecified atom stereocenters. The first kappa shape index (κ1) is 27.7. The summed E-state index contributed by atoms with van der Waals surface area (Å²) in [6.07, 6.45) is 18.7. The molecule has 2 N–H and O–H groups in total. The molecule has 0 heterocycles. The maximum absolute atomic E-state index is 10.5. The minimum Gasteiger partial charge on any atom is -0.481 e. The summed E-state index contributed by atoms with van der Waals surface area (Å²) in [5.74, 6) is -1.36. The van der Waals surface area contributed by atoms with E-state index in [1.807, 2.05) is 0 Å². The molecule has 0 spiro atoms. The average Bonchev–Trinajstić information content (AvgIpc) is 2.72. The van der Waals surface area contributed by atoms with E-state index < -0.39 is 11.9 Å². The van der Waals surface area contributed by atoms with Gasteiger partial charge in [-0.25, -0.2) is 0 Å². The van der Waals surface area contributed by atoms with Gasteiger partial charge in [-0.05, 0) is 61.8 Å². The molecule has 0 aliphatic carbocycles. The first-order valence-electron chi connectivity index (χ1n) is 12.2. The average molecular weight is 498 g/mol. The Balaban J connectivity index is 2.14. The summed E-state index contributed by atoms with van der Waals surface area (Å²) in [6, 6.07) is 6.70. The van der Waals surface area contributed by atoms with Crippen LogP contribution in [-0.2, 0) is 22.4 Å². The van der Waals surface area contributed by atoms with Crippen molar-refractivity contribution in [3.05, 3.63) is 33.8 Å². The molecule has 0 amide bonds. The van der Waals surface area contributed by atoms with Crippen LogP contribution in [0.3, 0.4) is 0 Å². The molecule has 5 heteroatoms. The summed E-state index contributed by atoms with van der Waals surface area (Å²) >= 11 is 3.62. The second-order valence-corrected chi connectivity index (χ2v) is 9.57. The van der Waals surface area contributed by atoms with Crippen LogP contribution in [0.15, 0.2) is 22.7 Å². The van der Waals surface area contributed by atoms with Crippen LogP contribution >= 0.6 is 15.9 Å². The minimum absolute atomic E-state index is 0.304. The summed E-state index contributed by atoms with van der Waals surface area (Å²) in [5.41, 5.74) is 2.96. The van der Waals surface area contributed by atoms with Crippen molar-refractivity contribution in [2.24, 2.45) is 0 Å². The molecule has 0 fully saturated rings. The zero-order valence-electron chi connectivity index (χ0n) is 19.0. The third-order valence-corrected chi connectivity index (χ3v) is 6.34. The Morgan fingerprint density at radius 3 is 1.42 bits per heavy atom. The molecule has 1 aromatic rings. The molecule has 0 atom stereocenters. The Morgan fingerprint density at radius 2 is 0.968 bits per heavy atom. The number of benzene rings is 1. The fourth-order valence-corrected chi connectivity index (χ4v) is 4.43. The maximum atomic E-state index is 10.5. The van der Waals surface area contributed by atoms with Crippen LogP contribution in [0.1, 0.15) is 114 Å². The van der Waals surface area contributed by atoms with Gasteiger partial charge < -0.3 is 10.2 Å². The van der Waals surface area contributed by atoms with Crippen molar-refractivity contribution in [2.45, 2.75) is 116 Å². The topological polar surface area (TPSA) is 74.6 Å². The van der Waals surface area contributed by atoms with Gasteiger partial charge in [0.25, 0.3) is 0 Å². The van der Waals surface area contributed by atoms with Crippen molar-refractivity contribution in [1.29, 1.82) is 0 Å². The van der Waals surface area contributed by atoms with Crippen LogP contribution in [0.4, 0.5) is 0 Å². The minimum atomic E-state index is -0.683. The molecule has 176 valence electrons. The normalized spacial score (nSPS) is 11.0. The first-order chi connectivity index (χ1) is 15.0. The highest BCUT2D eigenvalue weighted by Gasteiger charge is 2.05. The molecule has 31 heavy (non-hydrogen) atoms. The number of rotatable bonds is 20. The van der Waals surface area contributed by atoms with Crippen LogP contribution < -0.4 is 0 Å². The quantitative estimate of drug-likeness (QED) is 0.179. The summed E-state index contributed by atoms with van der Waals surface area (Å²) < 4.78 is 1.16. The van der Waals surface area contributed by atoms with E-state index in [2.05, 4.69) is 34.1 Å². The Kier molecular flexibility index (Phi) is 16.3. The summed E-state index contributed by atoms with van der Waals surface area (Å²) in [4.78, 5) is 21.0. The molecule has 0 saturated carbocycles. The van der Waals surface area contributed by atoms with Gasteiger partial charge in [0.05, 0.1) is 0 Å². The zero-order valence-corrected chi connectivity index (χ0v) is 20.6. The van der Waals surface area contributed by atoms with Gasteiger partial charge in [-0.1, -0.05) is 86.2 Å². The number of carbonyl (C=O) groups is 2. The highest BCUT2D eigenvalue weighted by Crippen LogP contribution is 2.22. The fourth-order valence-electron chi connectivity index (χ4n) is 4.02. The van der Waals surface area contributed by atoms with E-state index in [4.69, 9.17) is 10.2 Å². The highest BCUT2D eigenvalue weighted by molar-refractivity contribution is 9.10. The van der Waals surface area contributed by atoms with Crippen LogP contribution in [0.2, 0.25) is 0 Å². The first-order valence-corrected chi connectivity index (χ1v) is 13.0. The predicted molar refractivity (Wildman–Crippen MR) is 131 cm³/mol. The number of unbranched alkanes of at least 4 members (excludes halogenated alkanes) is 12. The van der Waals surface area contributed by atoms with Crippen molar-refractivity contribution in [1.82, 2.24) is 0 Å². The van der Waals surface area contributed by atoms with Crippen LogP contribution in [0.25, 0.3) is 0 Å². The number of aliphatic carboxylic acids is 2. The van der Waals surface area contributed by atoms with E-state index in [1.165, 1.54) is 62.5 Å². The maximum Gasteiger partial charge on any atom is 0.303 e. The molecule has 1 rings (SSSR count). The van der Waals surface area contributed by atoms with Crippen molar-refractivity contribution >= 4 is 27.9 Å².